The van der Waals surface area contributed by atoms with Crippen LogP contribution >= 0.6 is 0 Å². The van der Waals surface area contributed by atoms with E-state index in [1.165, 1.54) is 24.3 Å². The molecule has 0 radical (unpaired) electrons. The van der Waals surface area contributed by atoms with E-state index in [2.05, 4.69) is 9.97 Å². The molecule has 0 aliphatic heterocycles. The van der Waals surface area contributed by atoms with Gasteiger partial charge >= 0.3 is 12.0 Å². The van der Waals surface area contributed by atoms with E-state index in [1.807, 2.05) is 36.4 Å². The zero-order chi connectivity index (χ0) is 24.8. The van der Waals surface area contributed by atoms with Crippen LogP contribution in [0.25, 0.3) is 0 Å². The highest BCUT2D eigenvalue weighted by Gasteiger charge is 2.50. The number of aryl methyl sites for hydroxylation is 2. The Morgan fingerprint density at radius 1 is 0.886 bits per heavy atom. The minimum Gasteiger partial charge on any atom is -0.478 e. The lowest BCUT2D eigenvalue weighted by atomic mass is 9.81. The number of halogens is 1. The maximum Gasteiger partial charge on any atom is 0.348 e. The summed E-state index contributed by atoms with van der Waals surface area (Å²) in [6, 6.07) is 25.5. The Bertz CT molecular complexity index is 1260. The number of hydrogen-bond acceptors (Lipinski definition) is 5. The first-order chi connectivity index (χ1) is 16.9. The molecule has 1 heterocycles. The third-order valence-corrected chi connectivity index (χ3v) is 5.56. The molecule has 0 amide bonds. The van der Waals surface area contributed by atoms with Crippen molar-refractivity contribution >= 4 is 5.97 Å². The lowest BCUT2D eigenvalue weighted by Gasteiger charge is -2.39. The fraction of sp³-hybridized carbons (Fsp3) is 0.179. The van der Waals surface area contributed by atoms with Gasteiger partial charge in [0.15, 0.2) is 5.60 Å². The minimum atomic E-state index is -1.66. The Morgan fingerprint density at radius 2 is 1.43 bits per heavy atom. The first kappa shape index (κ1) is 24.0. The first-order valence-electron chi connectivity index (χ1n) is 11.1. The maximum atomic E-state index is 13.9. The third-order valence-electron chi connectivity index (χ3n) is 5.56. The SMILES string of the molecule is Cc1cc(C)nc(O[C@H](C(=O)O)[C@](OCc2ccccc2)(c2ccccc2)c2ccc(F)cc2)n1. The second kappa shape index (κ2) is 10.4. The van der Waals surface area contributed by atoms with Gasteiger partial charge in [0.2, 0.25) is 6.10 Å². The molecule has 0 saturated carbocycles. The molecule has 4 rings (SSSR count). The Labute approximate surface area is 203 Å². The molecule has 3 aromatic carbocycles. The Balaban J connectivity index is 1.91. The third kappa shape index (κ3) is 5.36. The number of aromatic nitrogens is 2. The molecule has 0 saturated heterocycles. The molecule has 0 aliphatic carbocycles. The molecule has 2 atom stereocenters. The van der Waals surface area contributed by atoms with Gasteiger partial charge in [0.1, 0.15) is 5.82 Å². The molecule has 178 valence electrons. The van der Waals surface area contributed by atoms with Crippen LogP contribution in [-0.2, 0) is 21.7 Å². The van der Waals surface area contributed by atoms with Crippen LogP contribution in [0.3, 0.4) is 0 Å². The van der Waals surface area contributed by atoms with Gasteiger partial charge < -0.3 is 14.6 Å². The van der Waals surface area contributed by atoms with Crippen LogP contribution in [0.1, 0.15) is 28.1 Å². The van der Waals surface area contributed by atoms with E-state index >= 15 is 0 Å². The standard InChI is InChI=1S/C28H25FN2O4/c1-19-17-20(2)31-27(30-19)35-25(26(32)33)28(22-11-7-4-8-12-22,23-13-15-24(29)16-14-23)34-18-21-9-5-3-6-10-21/h3-17,25H,18H2,1-2H3,(H,32,33)/t25-,28+/m1/s1. The predicted octanol–water partition coefficient (Wildman–Crippen LogP) is 5.23. The zero-order valence-electron chi connectivity index (χ0n) is 19.4. The number of hydrogen-bond donors (Lipinski definition) is 1. The predicted molar refractivity (Wildman–Crippen MR) is 128 cm³/mol. The second-order valence-corrected chi connectivity index (χ2v) is 8.15. The van der Waals surface area contributed by atoms with Gasteiger partial charge in [-0.2, -0.15) is 0 Å². The van der Waals surface area contributed by atoms with Crippen LogP contribution < -0.4 is 4.74 Å². The molecule has 1 aromatic heterocycles. The van der Waals surface area contributed by atoms with E-state index in [1.54, 1.807) is 44.2 Å². The van der Waals surface area contributed by atoms with Crippen molar-refractivity contribution in [3.63, 3.8) is 0 Å². The van der Waals surface area contributed by atoms with Crippen LogP contribution in [0.15, 0.2) is 91.0 Å². The molecule has 0 bridgehead atoms. The quantitative estimate of drug-likeness (QED) is 0.360. The average molecular weight is 473 g/mol. The van der Waals surface area contributed by atoms with Gasteiger partial charge in [-0.1, -0.05) is 72.8 Å². The first-order valence-corrected chi connectivity index (χ1v) is 11.1. The molecule has 6 nitrogen and oxygen atoms in total. The smallest absolute Gasteiger partial charge is 0.348 e. The van der Waals surface area contributed by atoms with Crippen LogP contribution in [-0.4, -0.2) is 27.1 Å². The fourth-order valence-corrected chi connectivity index (χ4v) is 4.03. The summed E-state index contributed by atoms with van der Waals surface area (Å²) in [6.07, 6.45) is -1.60. The zero-order valence-corrected chi connectivity index (χ0v) is 19.4. The van der Waals surface area contributed by atoms with Crippen LogP contribution in [0.2, 0.25) is 0 Å². The number of carbonyl (C=O) groups is 1. The Hall–Kier alpha value is -4.10. The van der Waals surface area contributed by atoms with E-state index in [4.69, 9.17) is 9.47 Å². The summed E-state index contributed by atoms with van der Waals surface area (Å²) in [6.45, 7) is 3.62. The summed E-state index contributed by atoms with van der Waals surface area (Å²) in [7, 11) is 0. The normalized spacial score (nSPS) is 13.6. The van der Waals surface area contributed by atoms with Crippen molar-refractivity contribution in [3.8, 4) is 6.01 Å². The summed E-state index contributed by atoms with van der Waals surface area (Å²) < 4.78 is 26.4. The van der Waals surface area contributed by atoms with Gasteiger partial charge in [-0.25, -0.2) is 19.2 Å². The maximum absolute atomic E-state index is 13.9. The van der Waals surface area contributed by atoms with E-state index in [9.17, 15) is 14.3 Å². The second-order valence-electron chi connectivity index (χ2n) is 8.15. The minimum absolute atomic E-state index is 0.0773. The Kier molecular flexibility index (Phi) is 7.17. The van der Waals surface area contributed by atoms with Gasteiger partial charge in [0.05, 0.1) is 6.61 Å². The molecule has 0 fully saturated rings. The van der Waals surface area contributed by atoms with Crippen LogP contribution in [0.5, 0.6) is 6.01 Å². The van der Waals surface area contributed by atoms with E-state index < -0.39 is 23.5 Å². The molecule has 1 N–H and O–H groups in total. The molecule has 0 spiro atoms. The van der Waals surface area contributed by atoms with Crippen molar-refractivity contribution in [1.29, 1.82) is 0 Å². The number of rotatable bonds is 9. The van der Waals surface area contributed by atoms with Gasteiger partial charge in [0.25, 0.3) is 0 Å². The highest BCUT2D eigenvalue weighted by Crippen LogP contribution is 2.40. The molecule has 0 aliphatic rings. The van der Waals surface area contributed by atoms with Crippen molar-refractivity contribution in [2.24, 2.45) is 0 Å². The summed E-state index contributed by atoms with van der Waals surface area (Å²) >= 11 is 0. The highest BCUT2D eigenvalue weighted by molar-refractivity contribution is 5.76. The topological polar surface area (TPSA) is 81.5 Å². The largest absolute Gasteiger partial charge is 0.478 e. The number of ether oxygens (including phenoxy) is 2. The monoisotopic (exact) mass is 472 g/mol. The lowest BCUT2D eigenvalue weighted by Crippen LogP contribution is -2.51. The average Bonchev–Trinajstić information content (AvgIpc) is 2.85. The van der Waals surface area contributed by atoms with E-state index in [-0.39, 0.29) is 12.6 Å². The Morgan fingerprint density at radius 3 is 2.00 bits per heavy atom. The van der Waals surface area contributed by atoms with Gasteiger partial charge in [-0.15, -0.1) is 0 Å². The molecule has 35 heavy (non-hydrogen) atoms. The van der Waals surface area contributed by atoms with Crippen LogP contribution in [0, 0.1) is 19.7 Å². The summed E-state index contributed by atoms with van der Waals surface area (Å²) in [4.78, 5) is 21.4. The van der Waals surface area contributed by atoms with Crippen molar-refractivity contribution in [3.05, 3.63) is 125 Å². The molecular formula is C28H25FN2O4. The van der Waals surface area contributed by atoms with Gasteiger partial charge in [0, 0.05) is 11.4 Å². The number of benzene rings is 3. The number of aliphatic carboxylic acids is 1. The number of carboxylic acids is 1. The number of carboxylic acid groups (broad SMARTS) is 1. The van der Waals surface area contributed by atoms with Crippen molar-refractivity contribution in [2.45, 2.75) is 32.2 Å². The van der Waals surface area contributed by atoms with E-state index in [0.717, 1.165) is 5.56 Å². The van der Waals surface area contributed by atoms with Crippen molar-refractivity contribution < 1.29 is 23.8 Å². The molecule has 4 aromatic rings. The van der Waals surface area contributed by atoms with Crippen molar-refractivity contribution in [1.82, 2.24) is 9.97 Å². The summed E-state index contributed by atoms with van der Waals surface area (Å²) in [5.74, 6) is -1.74. The van der Waals surface area contributed by atoms with Gasteiger partial charge in [-0.05, 0) is 48.7 Å². The molecular weight excluding hydrogens is 447 g/mol. The summed E-state index contributed by atoms with van der Waals surface area (Å²) in [5, 5.41) is 10.4. The highest BCUT2D eigenvalue weighted by atomic mass is 19.1. The number of nitrogens with zero attached hydrogens (tertiary/aromatic N) is 2. The van der Waals surface area contributed by atoms with Gasteiger partial charge in [-0.3, -0.25) is 0 Å². The fourth-order valence-electron chi connectivity index (χ4n) is 4.03. The van der Waals surface area contributed by atoms with Crippen molar-refractivity contribution in [2.75, 3.05) is 0 Å². The van der Waals surface area contributed by atoms with E-state index in [0.29, 0.717) is 22.5 Å². The molecule has 7 heteroatoms. The van der Waals surface area contributed by atoms with Crippen LogP contribution in [0.4, 0.5) is 4.39 Å². The molecule has 0 unspecified atom stereocenters. The summed E-state index contributed by atoms with van der Waals surface area (Å²) in [5.41, 5.74) is 1.39. The lowest BCUT2D eigenvalue weighted by molar-refractivity contribution is -0.166.